The first kappa shape index (κ1) is 9.27. The number of aliphatic imine (C=N–C) groups is 1. The van der Waals surface area contributed by atoms with Gasteiger partial charge in [-0.3, -0.25) is 4.99 Å². The van der Waals surface area contributed by atoms with Gasteiger partial charge in [-0.1, -0.05) is 20.3 Å². The first-order valence-electron chi connectivity index (χ1n) is 3.72. The lowest BCUT2D eigenvalue weighted by molar-refractivity contribution is 0.537. The molecule has 1 atom stereocenters. The van der Waals surface area contributed by atoms with Crippen molar-refractivity contribution in [1.82, 2.24) is 0 Å². The molecular formula is C7H17N3. The monoisotopic (exact) mass is 143 g/mol. The van der Waals surface area contributed by atoms with E-state index < -0.39 is 0 Å². The van der Waals surface area contributed by atoms with Crippen LogP contribution in [0.2, 0.25) is 0 Å². The average molecular weight is 143 g/mol. The molecule has 0 aliphatic heterocycles. The molecule has 3 nitrogen and oxygen atoms in total. The molecule has 0 aliphatic carbocycles. The van der Waals surface area contributed by atoms with Crippen LogP contribution in [-0.2, 0) is 0 Å². The maximum atomic E-state index is 5.16. The standard InChI is InChI=1S/C7H17N3/c1-3-4-6(2)5-10-7(8)9/h6H,3-5H2,1-2H3,(H4,8,9,10)/t6-/m1/s1. The molecule has 0 aromatic carbocycles. The summed E-state index contributed by atoms with van der Waals surface area (Å²) < 4.78 is 0. The Labute approximate surface area is 62.5 Å². The molecule has 0 fully saturated rings. The van der Waals surface area contributed by atoms with E-state index in [1.54, 1.807) is 0 Å². The van der Waals surface area contributed by atoms with Gasteiger partial charge in [-0.15, -0.1) is 0 Å². The second-order valence-corrected chi connectivity index (χ2v) is 2.66. The fourth-order valence-corrected chi connectivity index (χ4v) is 0.845. The molecule has 0 spiro atoms. The van der Waals surface area contributed by atoms with Crippen LogP contribution in [0.15, 0.2) is 4.99 Å². The number of nitrogens with two attached hydrogens (primary N) is 2. The zero-order chi connectivity index (χ0) is 7.98. The molecular weight excluding hydrogens is 126 g/mol. The summed E-state index contributed by atoms with van der Waals surface area (Å²) in [5.74, 6) is 0.801. The van der Waals surface area contributed by atoms with Crippen LogP contribution < -0.4 is 11.5 Å². The second kappa shape index (κ2) is 5.09. The normalized spacial score (nSPS) is 12.6. The number of hydrogen-bond donors (Lipinski definition) is 2. The van der Waals surface area contributed by atoms with Gasteiger partial charge in [0.15, 0.2) is 5.96 Å². The van der Waals surface area contributed by atoms with Gasteiger partial charge in [0.1, 0.15) is 0 Å². The Kier molecular flexibility index (Phi) is 4.72. The van der Waals surface area contributed by atoms with Crippen molar-refractivity contribution in [1.29, 1.82) is 0 Å². The summed E-state index contributed by atoms with van der Waals surface area (Å²) in [6, 6.07) is 0. The molecule has 0 aromatic rings. The number of guanidine groups is 1. The van der Waals surface area contributed by atoms with Crippen LogP contribution in [0.25, 0.3) is 0 Å². The minimum absolute atomic E-state index is 0.197. The third-order valence-corrected chi connectivity index (χ3v) is 1.37. The van der Waals surface area contributed by atoms with Gasteiger partial charge in [-0.2, -0.15) is 0 Å². The van der Waals surface area contributed by atoms with Crippen LogP contribution in [-0.4, -0.2) is 12.5 Å². The molecule has 60 valence electrons. The van der Waals surface area contributed by atoms with Crippen molar-refractivity contribution in [2.45, 2.75) is 26.7 Å². The van der Waals surface area contributed by atoms with E-state index in [2.05, 4.69) is 18.8 Å². The molecule has 4 N–H and O–H groups in total. The first-order chi connectivity index (χ1) is 4.66. The molecule has 0 rings (SSSR count). The van der Waals surface area contributed by atoms with E-state index in [-0.39, 0.29) is 5.96 Å². The third kappa shape index (κ3) is 5.41. The fourth-order valence-electron chi connectivity index (χ4n) is 0.845. The van der Waals surface area contributed by atoms with E-state index in [1.807, 2.05) is 0 Å². The summed E-state index contributed by atoms with van der Waals surface area (Å²) in [5.41, 5.74) is 10.3. The molecule has 0 aliphatic rings. The van der Waals surface area contributed by atoms with Gasteiger partial charge in [0.2, 0.25) is 0 Å². The van der Waals surface area contributed by atoms with Gasteiger partial charge < -0.3 is 11.5 Å². The van der Waals surface area contributed by atoms with Crippen LogP contribution in [0, 0.1) is 5.92 Å². The maximum absolute atomic E-state index is 5.16. The van der Waals surface area contributed by atoms with E-state index in [0.29, 0.717) is 5.92 Å². The summed E-state index contributed by atoms with van der Waals surface area (Å²) in [6.45, 7) is 5.07. The second-order valence-electron chi connectivity index (χ2n) is 2.66. The molecule has 0 heterocycles. The van der Waals surface area contributed by atoms with Crippen molar-refractivity contribution in [3.63, 3.8) is 0 Å². The molecule has 0 bridgehead atoms. The van der Waals surface area contributed by atoms with E-state index in [0.717, 1.165) is 6.54 Å². The SMILES string of the molecule is CCC[C@@H](C)CN=C(N)N. The minimum atomic E-state index is 0.197. The molecule has 3 heteroatoms. The maximum Gasteiger partial charge on any atom is 0.185 e. The van der Waals surface area contributed by atoms with E-state index in [4.69, 9.17) is 11.5 Å². The highest BCUT2D eigenvalue weighted by atomic mass is 15.0. The topological polar surface area (TPSA) is 64.4 Å². The molecule has 0 amide bonds. The van der Waals surface area contributed by atoms with Gasteiger partial charge in [0.25, 0.3) is 0 Å². The first-order valence-corrected chi connectivity index (χ1v) is 3.72. The quantitative estimate of drug-likeness (QED) is 0.449. The highest BCUT2D eigenvalue weighted by molar-refractivity contribution is 5.75. The van der Waals surface area contributed by atoms with Crippen molar-refractivity contribution in [3.05, 3.63) is 0 Å². The predicted octanol–water partition coefficient (Wildman–Crippen LogP) is 0.696. The number of nitrogens with zero attached hydrogens (tertiary/aromatic N) is 1. The molecule has 0 radical (unpaired) electrons. The Balaban J connectivity index is 3.38. The van der Waals surface area contributed by atoms with Gasteiger partial charge in [0, 0.05) is 6.54 Å². The Hall–Kier alpha value is -0.730. The lowest BCUT2D eigenvalue weighted by atomic mass is 10.1. The highest BCUT2D eigenvalue weighted by Gasteiger charge is 1.97. The number of rotatable bonds is 4. The van der Waals surface area contributed by atoms with Crippen molar-refractivity contribution in [2.24, 2.45) is 22.4 Å². The van der Waals surface area contributed by atoms with E-state index in [1.165, 1.54) is 12.8 Å². The molecule has 0 saturated carbocycles. The highest BCUT2D eigenvalue weighted by Crippen LogP contribution is 2.03. The Morgan fingerprint density at radius 2 is 2.10 bits per heavy atom. The van der Waals surface area contributed by atoms with Crippen LogP contribution in [0.1, 0.15) is 26.7 Å². The van der Waals surface area contributed by atoms with Gasteiger partial charge >= 0.3 is 0 Å². The molecule has 0 unspecified atom stereocenters. The van der Waals surface area contributed by atoms with Crippen LogP contribution in [0.3, 0.4) is 0 Å². The van der Waals surface area contributed by atoms with Gasteiger partial charge in [-0.05, 0) is 12.3 Å². The summed E-state index contributed by atoms with van der Waals surface area (Å²) in [5, 5.41) is 0. The van der Waals surface area contributed by atoms with E-state index >= 15 is 0 Å². The van der Waals surface area contributed by atoms with Crippen molar-refractivity contribution in [3.8, 4) is 0 Å². The molecule has 10 heavy (non-hydrogen) atoms. The number of hydrogen-bond acceptors (Lipinski definition) is 1. The van der Waals surface area contributed by atoms with Gasteiger partial charge in [0.05, 0.1) is 0 Å². The summed E-state index contributed by atoms with van der Waals surface area (Å²) in [7, 11) is 0. The smallest absolute Gasteiger partial charge is 0.185 e. The van der Waals surface area contributed by atoms with E-state index in [9.17, 15) is 0 Å². The Bertz CT molecular complexity index is 105. The van der Waals surface area contributed by atoms with Crippen molar-refractivity contribution >= 4 is 5.96 Å². The largest absolute Gasteiger partial charge is 0.370 e. The van der Waals surface area contributed by atoms with Crippen LogP contribution >= 0.6 is 0 Å². The lowest BCUT2D eigenvalue weighted by Crippen LogP contribution is -2.23. The summed E-state index contributed by atoms with van der Waals surface area (Å²) in [4.78, 5) is 3.92. The van der Waals surface area contributed by atoms with Crippen molar-refractivity contribution < 1.29 is 0 Å². The van der Waals surface area contributed by atoms with Crippen LogP contribution in [0.4, 0.5) is 0 Å². The summed E-state index contributed by atoms with van der Waals surface area (Å²) in [6.07, 6.45) is 2.39. The lowest BCUT2D eigenvalue weighted by Gasteiger charge is -2.04. The average Bonchev–Trinajstić information content (AvgIpc) is 1.85. The van der Waals surface area contributed by atoms with Crippen molar-refractivity contribution in [2.75, 3.05) is 6.54 Å². The molecule has 0 saturated heterocycles. The predicted molar refractivity (Wildman–Crippen MR) is 44.7 cm³/mol. The summed E-state index contributed by atoms with van der Waals surface area (Å²) >= 11 is 0. The van der Waals surface area contributed by atoms with Gasteiger partial charge in [-0.25, -0.2) is 0 Å². The Morgan fingerprint density at radius 1 is 1.50 bits per heavy atom. The molecule has 0 aromatic heterocycles. The zero-order valence-electron chi connectivity index (χ0n) is 6.80. The van der Waals surface area contributed by atoms with Crippen LogP contribution in [0.5, 0.6) is 0 Å². The fraction of sp³-hybridized carbons (Fsp3) is 0.857. The Morgan fingerprint density at radius 3 is 2.50 bits per heavy atom. The third-order valence-electron chi connectivity index (χ3n) is 1.37. The minimum Gasteiger partial charge on any atom is -0.370 e. The zero-order valence-corrected chi connectivity index (χ0v) is 6.80.